The van der Waals surface area contributed by atoms with Crippen LogP contribution in [0, 0.1) is 0 Å². The van der Waals surface area contributed by atoms with Crippen molar-refractivity contribution in [2.45, 2.75) is 0 Å². The molecular weight excluding hydrogens is 414 g/mol. The molecule has 5 rings (SSSR count). The first kappa shape index (κ1) is 19.3. The van der Waals surface area contributed by atoms with Crippen LogP contribution in [-0.2, 0) is 0 Å². The van der Waals surface area contributed by atoms with E-state index in [9.17, 15) is 15.0 Å². The highest BCUT2D eigenvalue weighted by molar-refractivity contribution is 7.17. The first-order valence-corrected chi connectivity index (χ1v) is 10.7. The van der Waals surface area contributed by atoms with Gasteiger partial charge in [-0.15, -0.1) is 11.3 Å². The normalized spacial score (nSPS) is 14.2. The molecule has 2 N–H and O–H groups in total. The van der Waals surface area contributed by atoms with Crippen LogP contribution < -0.4 is 4.90 Å². The number of amides is 1. The summed E-state index contributed by atoms with van der Waals surface area (Å²) >= 11 is 1.25. The second kappa shape index (κ2) is 7.84. The van der Waals surface area contributed by atoms with Crippen molar-refractivity contribution in [2.24, 2.45) is 0 Å². The molecule has 8 nitrogen and oxygen atoms in total. The van der Waals surface area contributed by atoms with E-state index in [1.54, 1.807) is 40.7 Å². The van der Waals surface area contributed by atoms with Gasteiger partial charge < -0.3 is 20.0 Å². The number of carbonyl (C=O) groups excluding carboxylic acids is 1. The molecule has 9 heteroatoms. The average molecular weight is 433 g/mol. The molecule has 4 aromatic rings. The number of aromatic nitrogens is 3. The first-order valence-electron chi connectivity index (χ1n) is 9.83. The molecule has 1 fully saturated rings. The number of phenols is 1. The minimum Gasteiger partial charge on any atom is -0.508 e. The van der Waals surface area contributed by atoms with Gasteiger partial charge in [-0.1, -0.05) is 12.1 Å². The molecule has 1 aliphatic rings. The molecule has 1 aliphatic heterocycles. The molecule has 0 aliphatic carbocycles. The third-order valence-electron chi connectivity index (χ3n) is 5.28. The smallest absolute Gasteiger partial charge is 0.257 e. The zero-order valence-corrected chi connectivity index (χ0v) is 17.3. The van der Waals surface area contributed by atoms with E-state index < -0.39 is 0 Å². The van der Waals surface area contributed by atoms with Crippen LogP contribution in [0.15, 0.2) is 54.0 Å². The molecular formula is C22H19N5O3S. The summed E-state index contributed by atoms with van der Waals surface area (Å²) in [7, 11) is 0. The lowest BCUT2D eigenvalue weighted by atomic mass is 10.2. The third-order valence-corrected chi connectivity index (χ3v) is 6.25. The van der Waals surface area contributed by atoms with Crippen molar-refractivity contribution < 1.29 is 15.0 Å². The second-order valence-electron chi connectivity index (χ2n) is 7.21. The van der Waals surface area contributed by atoms with Crippen LogP contribution in [0.1, 0.15) is 10.4 Å². The van der Waals surface area contributed by atoms with Crippen molar-refractivity contribution in [3.63, 3.8) is 0 Å². The van der Waals surface area contributed by atoms with E-state index in [-0.39, 0.29) is 23.4 Å². The van der Waals surface area contributed by atoms with Gasteiger partial charge in [-0.25, -0.2) is 4.98 Å². The molecule has 0 radical (unpaired) electrons. The van der Waals surface area contributed by atoms with E-state index in [2.05, 4.69) is 19.9 Å². The quantitative estimate of drug-likeness (QED) is 0.512. The van der Waals surface area contributed by atoms with Gasteiger partial charge in [-0.2, -0.15) is 4.98 Å². The molecule has 1 aromatic carbocycles. The van der Waals surface area contributed by atoms with Crippen molar-refractivity contribution in [1.82, 2.24) is 19.9 Å². The summed E-state index contributed by atoms with van der Waals surface area (Å²) < 4.78 is 0.487. The summed E-state index contributed by atoms with van der Waals surface area (Å²) in [6.07, 6.45) is 1.63. The molecule has 0 atom stereocenters. The summed E-state index contributed by atoms with van der Waals surface area (Å²) in [6.45, 7) is 2.43. The van der Waals surface area contributed by atoms with E-state index >= 15 is 0 Å². The Labute approximate surface area is 182 Å². The number of piperazine rings is 1. The maximum atomic E-state index is 13.2. The molecule has 4 heterocycles. The molecule has 0 spiro atoms. The number of thiophene rings is 1. The zero-order valence-electron chi connectivity index (χ0n) is 16.5. The number of carbonyl (C=O) groups is 1. The van der Waals surface area contributed by atoms with Gasteiger partial charge in [-0.3, -0.25) is 9.78 Å². The maximum Gasteiger partial charge on any atom is 0.257 e. The minimum absolute atomic E-state index is 0.119. The van der Waals surface area contributed by atoms with E-state index in [1.807, 2.05) is 18.2 Å². The Balaban J connectivity index is 1.40. The van der Waals surface area contributed by atoms with Gasteiger partial charge in [0.05, 0.1) is 5.56 Å². The van der Waals surface area contributed by atoms with Gasteiger partial charge in [0.15, 0.2) is 5.82 Å². The van der Waals surface area contributed by atoms with Crippen LogP contribution in [0.25, 0.3) is 21.7 Å². The Morgan fingerprint density at radius 2 is 1.84 bits per heavy atom. The average Bonchev–Trinajstić information content (AvgIpc) is 3.24. The van der Waals surface area contributed by atoms with Gasteiger partial charge in [0.1, 0.15) is 21.7 Å². The Morgan fingerprint density at radius 1 is 1.00 bits per heavy atom. The summed E-state index contributed by atoms with van der Waals surface area (Å²) in [5.41, 5.74) is 2.37. The lowest BCUT2D eigenvalue weighted by molar-refractivity contribution is 0.0749. The van der Waals surface area contributed by atoms with E-state index in [4.69, 9.17) is 0 Å². The monoisotopic (exact) mass is 433 g/mol. The molecule has 156 valence electrons. The number of phenolic OH excluding ortho intramolecular Hbond substituents is 1. The van der Waals surface area contributed by atoms with Crippen molar-refractivity contribution >= 4 is 33.1 Å². The van der Waals surface area contributed by atoms with Crippen LogP contribution in [0.4, 0.5) is 5.69 Å². The van der Waals surface area contributed by atoms with E-state index in [0.717, 1.165) is 5.69 Å². The fourth-order valence-corrected chi connectivity index (χ4v) is 4.56. The Kier molecular flexibility index (Phi) is 4.87. The van der Waals surface area contributed by atoms with Crippen LogP contribution >= 0.6 is 11.3 Å². The van der Waals surface area contributed by atoms with Gasteiger partial charge in [0, 0.05) is 49.5 Å². The number of hydrogen-bond acceptors (Lipinski definition) is 8. The largest absolute Gasteiger partial charge is 0.508 e. The Morgan fingerprint density at radius 3 is 2.58 bits per heavy atom. The number of pyridine rings is 1. The lowest BCUT2D eigenvalue weighted by Gasteiger charge is -2.36. The maximum absolute atomic E-state index is 13.2. The van der Waals surface area contributed by atoms with Crippen LogP contribution in [0.5, 0.6) is 11.6 Å². The highest BCUT2D eigenvalue weighted by Crippen LogP contribution is 2.33. The SMILES string of the molecule is O=C(c1csc2c(O)nc(-c3ccccn3)nc12)N1CCN(c2cccc(O)c2)CC1. The molecule has 1 amide bonds. The van der Waals surface area contributed by atoms with Crippen molar-refractivity contribution in [3.05, 3.63) is 59.6 Å². The second-order valence-corrected chi connectivity index (χ2v) is 8.09. The number of fused-ring (bicyclic) bond motifs is 1. The molecule has 0 bridgehead atoms. The predicted molar refractivity (Wildman–Crippen MR) is 119 cm³/mol. The highest BCUT2D eigenvalue weighted by atomic mass is 32.1. The summed E-state index contributed by atoms with van der Waals surface area (Å²) in [5.74, 6) is 0.242. The molecule has 31 heavy (non-hydrogen) atoms. The number of nitrogens with zero attached hydrogens (tertiary/aromatic N) is 5. The van der Waals surface area contributed by atoms with Gasteiger partial charge in [0.2, 0.25) is 5.88 Å². The Bertz CT molecular complexity index is 1250. The molecule has 0 saturated carbocycles. The molecule has 0 unspecified atom stereocenters. The Hall–Kier alpha value is -3.72. The summed E-state index contributed by atoms with van der Waals surface area (Å²) in [4.78, 5) is 30.1. The van der Waals surface area contributed by atoms with Crippen molar-refractivity contribution in [3.8, 4) is 23.1 Å². The van der Waals surface area contributed by atoms with Crippen LogP contribution in [0.2, 0.25) is 0 Å². The number of anilines is 1. The number of aromatic hydroxyl groups is 2. The van der Waals surface area contributed by atoms with Crippen molar-refractivity contribution in [1.29, 1.82) is 0 Å². The number of rotatable bonds is 3. The molecule has 1 saturated heterocycles. The highest BCUT2D eigenvalue weighted by Gasteiger charge is 2.26. The van der Waals surface area contributed by atoms with Gasteiger partial charge in [-0.05, 0) is 24.3 Å². The summed E-state index contributed by atoms with van der Waals surface area (Å²) in [6, 6.07) is 12.5. The standard InChI is InChI=1S/C22H19N5O3S/c28-15-5-3-4-14(12-15)26-8-10-27(11-9-26)22(30)16-13-31-19-18(16)24-20(25-21(19)29)17-6-1-2-7-23-17/h1-7,12-13,28H,8-11H2,(H,24,25,29). The fraction of sp³-hybridized carbons (Fsp3) is 0.182. The van der Waals surface area contributed by atoms with E-state index in [0.29, 0.717) is 47.7 Å². The van der Waals surface area contributed by atoms with Crippen molar-refractivity contribution in [2.75, 3.05) is 31.1 Å². The minimum atomic E-state index is -0.150. The van der Waals surface area contributed by atoms with Gasteiger partial charge >= 0.3 is 0 Å². The zero-order chi connectivity index (χ0) is 21.4. The third kappa shape index (κ3) is 3.64. The fourth-order valence-electron chi connectivity index (χ4n) is 3.69. The van der Waals surface area contributed by atoms with E-state index in [1.165, 1.54) is 11.3 Å². The number of hydrogen-bond donors (Lipinski definition) is 2. The molecule has 3 aromatic heterocycles. The first-order chi connectivity index (χ1) is 15.1. The number of benzene rings is 1. The lowest BCUT2D eigenvalue weighted by Crippen LogP contribution is -2.48. The van der Waals surface area contributed by atoms with Crippen LogP contribution in [0.3, 0.4) is 0 Å². The summed E-state index contributed by atoms with van der Waals surface area (Å²) in [5, 5.41) is 21.8. The predicted octanol–water partition coefficient (Wildman–Crippen LogP) is 3.13. The topological polar surface area (TPSA) is 103 Å². The van der Waals surface area contributed by atoms with Crippen LogP contribution in [-0.4, -0.2) is 62.2 Å². The van der Waals surface area contributed by atoms with Gasteiger partial charge in [0.25, 0.3) is 5.91 Å².